The first kappa shape index (κ1) is 14.7. The molecule has 2 rings (SSSR count). The predicted molar refractivity (Wildman–Crippen MR) is 82.9 cm³/mol. The fraction of sp³-hybridized carbons (Fsp3) is 0.412. The number of benzene rings is 1. The number of hydrogen-bond acceptors (Lipinski definition) is 2. The van der Waals surface area contributed by atoms with Gasteiger partial charge in [-0.3, -0.25) is 0 Å². The van der Waals surface area contributed by atoms with E-state index in [4.69, 9.17) is 4.74 Å². The SMILES string of the molecule is CC(C)Oc1cccc(C(C)NCc2cccn2C)c1. The molecule has 108 valence electrons. The Balaban J connectivity index is 1.98. The number of nitrogens with one attached hydrogen (secondary N) is 1. The van der Waals surface area contributed by atoms with Crippen LogP contribution < -0.4 is 10.1 Å². The lowest BCUT2D eigenvalue weighted by molar-refractivity contribution is 0.242. The summed E-state index contributed by atoms with van der Waals surface area (Å²) in [5.74, 6) is 0.935. The van der Waals surface area contributed by atoms with Crippen LogP contribution in [0.25, 0.3) is 0 Å². The van der Waals surface area contributed by atoms with E-state index in [1.165, 1.54) is 11.3 Å². The second-order valence-corrected chi connectivity index (χ2v) is 5.45. The molecule has 2 aromatic rings. The molecule has 1 heterocycles. The molecule has 0 radical (unpaired) electrons. The molecule has 0 bridgehead atoms. The lowest BCUT2D eigenvalue weighted by Crippen LogP contribution is -2.19. The zero-order chi connectivity index (χ0) is 14.5. The average Bonchev–Trinajstić information content (AvgIpc) is 2.81. The summed E-state index contributed by atoms with van der Waals surface area (Å²) in [6.45, 7) is 7.13. The number of aromatic nitrogens is 1. The van der Waals surface area contributed by atoms with Gasteiger partial charge in [0.15, 0.2) is 0 Å². The van der Waals surface area contributed by atoms with E-state index in [-0.39, 0.29) is 6.10 Å². The molecule has 1 unspecified atom stereocenters. The largest absolute Gasteiger partial charge is 0.491 e. The highest BCUT2D eigenvalue weighted by Crippen LogP contribution is 2.20. The van der Waals surface area contributed by atoms with Crippen LogP contribution in [-0.2, 0) is 13.6 Å². The van der Waals surface area contributed by atoms with Crippen LogP contribution in [0.5, 0.6) is 5.75 Å². The number of ether oxygens (including phenoxy) is 1. The number of rotatable bonds is 6. The fourth-order valence-corrected chi connectivity index (χ4v) is 2.19. The maximum atomic E-state index is 5.74. The molecule has 0 saturated heterocycles. The van der Waals surface area contributed by atoms with Gasteiger partial charge in [0.2, 0.25) is 0 Å². The predicted octanol–water partition coefficient (Wildman–Crippen LogP) is 3.66. The third-order valence-corrected chi connectivity index (χ3v) is 3.37. The quantitative estimate of drug-likeness (QED) is 0.868. The summed E-state index contributed by atoms with van der Waals surface area (Å²) < 4.78 is 7.88. The molecule has 1 aromatic heterocycles. The van der Waals surface area contributed by atoms with Crippen molar-refractivity contribution in [2.75, 3.05) is 0 Å². The van der Waals surface area contributed by atoms with Gasteiger partial charge >= 0.3 is 0 Å². The van der Waals surface area contributed by atoms with Crippen molar-refractivity contribution >= 4 is 0 Å². The third kappa shape index (κ3) is 3.87. The van der Waals surface area contributed by atoms with Crippen molar-refractivity contribution in [2.45, 2.75) is 39.5 Å². The fourth-order valence-electron chi connectivity index (χ4n) is 2.19. The highest BCUT2D eigenvalue weighted by atomic mass is 16.5. The van der Waals surface area contributed by atoms with Crippen molar-refractivity contribution in [1.82, 2.24) is 9.88 Å². The second kappa shape index (κ2) is 6.62. The van der Waals surface area contributed by atoms with Crippen LogP contribution >= 0.6 is 0 Å². The summed E-state index contributed by atoms with van der Waals surface area (Å²) in [7, 11) is 2.07. The zero-order valence-corrected chi connectivity index (χ0v) is 12.8. The normalized spacial score (nSPS) is 12.7. The molecule has 0 aliphatic heterocycles. The Bertz CT molecular complexity index is 545. The molecule has 0 fully saturated rings. The number of hydrogen-bond donors (Lipinski definition) is 1. The summed E-state index contributed by atoms with van der Waals surface area (Å²) >= 11 is 0. The Morgan fingerprint density at radius 2 is 1.95 bits per heavy atom. The minimum absolute atomic E-state index is 0.205. The minimum Gasteiger partial charge on any atom is -0.491 e. The van der Waals surface area contributed by atoms with E-state index < -0.39 is 0 Å². The Labute approximate surface area is 121 Å². The van der Waals surface area contributed by atoms with Gasteiger partial charge in [-0.1, -0.05) is 12.1 Å². The van der Waals surface area contributed by atoms with E-state index >= 15 is 0 Å². The Hall–Kier alpha value is -1.74. The molecule has 0 spiro atoms. The van der Waals surface area contributed by atoms with Crippen molar-refractivity contribution in [1.29, 1.82) is 0 Å². The maximum absolute atomic E-state index is 5.74. The minimum atomic E-state index is 0.205. The van der Waals surface area contributed by atoms with Crippen molar-refractivity contribution in [3.63, 3.8) is 0 Å². The first-order valence-corrected chi connectivity index (χ1v) is 7.16. The topological polar surface area (TPSA) is 26.2 Å². The highest BCUT2D eigenvalue weighted by molar-refractivity contribution is 5.30. The maximum Gasteiger partial charge on any atom is 0.120 e. The van der Waals surface area contributed by atoms with Crippen LogP contribution in [0, 0.1) is 0 Å². The Morgan fingerprint density at radius 1 is 1.15 bits per heavy atom. The second-order valence-electron chi connectivity index (χ2n) is 5.45. The molecule has 1 N–H and O–H groups in total. The molecule has 1 aromatic carbocycles. The van der Waals surface area contributed by atoms with Gasteiger partial charge in [-0.2, -0.15) is 0 Å². The standard InChI is InChI=1S/C17H24N2O/c1-13(2)20-17-9-5-7-15(11-17)14(3)18-12-16-8-6-10-19(16)4/h5-11,13-14,18H,12H2,1-4H3. The van der Waals surface area contributed by atoms with Crippen LogP contribution in [0.1, 0.15) is 38.1 Å². The molecule has 0 aliphatic rings. The smallest absolute Gasteiger partial charge is 0.120 e. The van der Waals surface area contributed by atoms with Gasteiger partial charge < -0.3 is 14.6 Å². The van der Waals surface area contributed by atoms with E-state index in [0.29, 0.717) is 6.04 Å². The highest BCUT2D eigenvalue weighted by Gasteiger charge is 2.07. The van der Waals surface area contributed by atoms with Crippen LogP contribution in [0.3, 0.4) is 0 Å². The third-order valence-electron chi connectivity index (χ3n) is 3.37. The van der Waals surface area contributed by atoms with Gasteiger partial charge in [-0.25, -0.2) is 0 Å². The van der Waals surface area contributed by atoms with E-state index in [9.17, 15) is 0 Å². The molecule has 0 amide bonds. The van der Waals surface area contributed by atoms with Gasteiger partial charge in [-0.15, -0.1) is 0 Å². The van der Waals surface area contributed by atoms with Crippen molar-refractivity contribution in [2.24, 2.45) is 7.05 Å². The van der Waals surface area contributed by atoms with Gasteiger partial charge in [-0.05, 0) is 50.6 Å². The van der Waals surface area contributed by atoms with Crippen molar-refractivity contribution in [3.05, 3.63) is 53.9 Å². The molecule has 0 saturated carbocycles. The molecule has 3 nitrogen and oxygen atoms in total. The summed E-state index contributed by atoms with van der Waals surface area (Å²) in [4.78, 5) is 0. The number of nitrogens with zero attached hydrogens (tertiary/aromatic N) is 1. The Morgan fingerprint density at radius 3 is 2.60 bits per heavy atom. The first-order chi connectivity index (χ1) is 9.56. The molecule has 1 atom stereocenters. The Kier molecular flexibility index (Phi) is 4.85. The monoisotopic (exact) mass is 272 g/mol. The van der Waals surface area contributed by atoms with Gasteiger partial charge in [0.1, 0.15) is 5.75 Å². The zero-order valence-electron chi connectivity index (χ0n) is 12.8. The van der Waals surface area contributed by atoms with Crippen LogP contribution in [0.4, 0.5) is 0 Å². The van der Waals surface area contributed by atoms with Crippen LogP contribution in [0.2, 0.25) is 0 Å². The molecular formula is C17H24N2O. The lowest BCUT2D eigenvalue weighted by Gasteiger charge is -2.17. The van der Waals surface area contributed by atoms with Gasteiger partial charge in [0.25, 0.3) is 0 Å². The van der Waals surface area contributed by atoms with Gasteiger partial charge in [0, 0.05) is 31.5 Å². The first-order valence-electron chi connectivity index (χ1n) is 7.16. The van der Waals surface area contributed by atoms with Crippen LogP contribution in [-0.4, -0.2) is 10.7 Å². The van der Waals surface area contributed by atoms with Crippen molar-refractivity contribution < 1.29 is 4.74 Å². The molecular weight excluding hydrogens is 248 g/mol. The summed E-state index contributed by atoms with van der Waals surface area (Å²) in [5, 5.41) is 3.55. The molecule has 0 aliphatic carbocycles. The lowest BCUT2D eigenvalue weighted by atomic mass is 10.1. The molecule has 20 heavy (non-hydrogen) atoms. The van der Waals surface area contributed by atoms with Crippen molar-refractivity contribution in [3.8, 4) is 5.75 Å². The van der Waals surface area contributed by atoms with E-state index in [0.717, 1.165) is 12.3 Å². The van der Waals surface area contributed by atoms with E-state index in [2.05, 4.69) is 54.3 Å². The molecule has 3 heteroatoms. The van der Waals surface area contributed by atoms with E-state index in [1.54, 1.807) is 0 Å². The summed E-state index contributed by atoms with van der Waals surface area (Å²) in [5.41, 5.74) is 2.53. The number of aryl methyl sites for hydroxylation is 1. The van der Waals surface area contributed by atoms with Gasteiger partial charge in [0.05, 0.1) is 6.10 Å². The average molecular weight is 272 g/mol. The van der Waals surface area contributed by atoms with Crippen LogP contribution in [0.15, 0.2) is 42.6 Å². The van der Waals surface area contributed by atoms with E-state index in [1.807, 2.05) is 26.0 Å². The summed E-state index contributed by atoms with van der Waals surface area (Å²) in [6, 6.07) is 12.8. The summed E-state index contributed by atoms with van der Waals surface area (Å²) in [6.07, 6.45) is 2.27.